The van der Waals surface area contributed by atoms with E-state index < -0.39 is 0 Å². The summed E-state index contributed by atoms with van der Waals surface area (Å²) in [5, 5.41) is 0.537. The summed E-state index contributed by atoms with van der Waals surface area (Å²) in [6.45, 7) is 6.78. The standard InChI is InChI=1S/C17H21N3O3/c1-11-8-19(9-12(2)23-11)16(21)10-20-13(3)18-15-7-5-4-6-14(15)17(20)22/h4-7,11-12H,8-10H2,1-3H3/t11-,12-/m0/s1. The van der Waals surface area contributed by atoms with Crippen LogP contribution in [0.4, 0.5) is 0 Å². The maximum Gasteiger partial charge on any atom is 0.261 e. The summed E-state index contributed by atoms with van der Waals surface area (Å²) in [4.78, 5) is 31.4. The van der Waals surface area contributed by atoms with E-state index in [1.54, 1.807) is 30.0 Å². The molecule has 122 valence electrons. The van der Waals surface area contributed by atoms with Crippen molar-refractivity contribution in [2.24, 2.45) is 0 Å². The molecule has 0 unspecified atom stereocenters. The second-order valence-electron chi connectivity index (χ2n) is 6.12. The molecule has 6 nitrogen and oxygen atoms in total. The van der Waals surface area contributed by atoms with Gasteiger partial charge in [-0.1, -0.05) is 12.1 Å². The van der Waals surface area contributed by atoms with Gasteiger partial charge < -0.3 is 9.64 Å². The van der Waals surface area contributed by atoms with Crippen molar-refractivity contribution in [2.75, 3.05) is 13.1 Å². The molecule has 1 aromatic carbocycles. The maximum absolute atomic E-state index is 12.6. The Hall–Kier alpha value is -2.21. The molecule has 1 saturated heterocycles. The highest BCUT2D eigenvalue weighted by atomic mass is 16.5. The van der Waals surface area contributed by atoms with Gasteiger partial charge >= 0.3 is 0 Å². The summed E-state index contributed by atoms with van der Waals surface area (Å²) in [5.74, 6) is 0.477. The SMILES string of the molecule is Cc1nc2ccccc2c(=O)n1CC(=O)N1C[C@H](C)O[C@@H](C)C1. The number of rotatable bonds is 2. The molecule has 6 heteroatoms. The molecule has 2 atom stereocenters. The molecule has 1 aromatic heterocycles. The molecular formula is C17H21N3O3. The Kier molecular flexibility index (Phi) is 4.17. The van der Waals surface area contributed by atoms with Crippen molar-refractivity contribution >= 4 is 16.8 Å². The lowest BCUT2D eigenvalue weighted by molar-refractivity contribution is -0.143. The molecule has 0 N–H and O–H groups in total. The van der Waals surface area contributed by atoms with Gasteiger partial charge in [-0.05, 0) is 32.9 Å². The van der Waals surface area contributed by atoms with Gasteiger partial charge in [0.05, 0.1) is 23.1 Å². The number of benzene rings is 1. The largest absolute Gasteiger partial charge is 0.372 e. The molecular weight excluding hydrogens is 294 g/mol. The van der Waals surface area contributed by atoms with E-state index in [1.807, 2.05) is 19.9 Å². The van der Waals surface area contributed by atoms with Crippen LogP contribution < -0.4 is 5.56 Å². The number of hydrogen-bond acceptors (Lipinski definition) is 4. The highest BCUT2D eigenvalue weighted by Crippen LogP contribution is 2.12. The van der Waals surface area contributed by atoms with E-state index in [1.165, 1.54) is 4.57 Å². The van der Waals surface area contributed by atoms with Crippen molar-refractivity contribution in [2.45, 2.75) is 39.5 Å². The molecule has 0 spiro atoms. The van der Waals surface area contributed by atoms with E-state index in [-0.39, 0.29) is 30.2 Å². The number of carbonyl (C=O) groups excluding carboxylic acids is 1. The molecule has 0 radical (unpaired) electrons. The number of aromatic nitrogens is 2. The fourth-order valence-electron chi connectivity index (χ4n) is 3.08. The summed E-state index contributed by atoms with van der Waals surface area (Å²) in [6.07, 6.45) is 0.0190. The minimum absolute atomic E-state index is 0.00949. The van der Waals surface area contributed by atoms with Gasteiger partial charge in [0.1, 0.15) is 12.4 Å². The van der Waals surface area contributed by atoms with Crippen LogP contribution in [0.25, 0.3) is 10.9 Å². The second-order valence-corrected chi connectivity index (χ2v) is 6.12. The highest BCUT2D eigenvalue weighted by Gasteiger charge is 2.26. The van der Waals surface area contributed by atoms with Gasteiger partial charge in [-0.2, -0.15) is 0 Å². The van der Waals surface area contributed by atoms with Crippen LogP contribution in [0, 0.1) is 6.92 Å². The van der Waals surface area contributed by atoms with Gasteiger partial charge in [-0.15, -0.1) is 0 Å². The van der Waals surface area contributed by atoms with Gasteiger partial charge in [0.2, 0.25) is 5.91 Å². The molecule has 1 fully saturated rings. The highest BCUT2D eigenvalue weighted by molar-refractivity contribution is 5.79. The fourth-order valence-corrected chi connectivity index (χ4v) is 3.08. The summed E-state index contributed by atoms with van der Waals surface area (Å²) in [6, 6.07) is 7.20. The minimum Gasteiger partial charge on any atom is -0.372 e. The third-order valence-corrected chi connectivity index (χ3v) is 4.12. The first-order chi connectivity index (χ1) is 11.0. The van der Waals surface area contributed by atoms with Gasteiger partial charge in [0.15, 0.2) is 0 Å². The molecule has 0 aliphatic carbocycles. The quantitative estimate of drug-likeness (QED) is 0.839. The Labute approximate surface area is 134 Å². The lowest BCUT2D eigenvalue weighted by Gasteiger charge is -2.35. The minimum atomic E-state index is -0.171. The molecule has 3 rings (SSSR count). The number of para-hydroxylation sites is 1. The fraction of sp³-hybridized carbons (Fsp3) is 0.471. The molecule has 23 heavy (non-hydrogen) atoms. The van der Waals surface area contributed by atoms with Crippen molar-refractivity contribution in [1.29, 1.82) is 0 Å². The van der Waals surface area contributed by atoms with E-state index in [2.05, 4.69) is 4.98 Å². The monoisotopic (exact) mass is 315 g/mol. The van der Waals surface area contributed by atoms with Gasteiger partial charge in [0, 0.05) is 13.1 Å². The first-order valence-electron chi connectivity index (χ1n) is 7.85. The van der Waals surface area contributed by atoms with Gasteiger partial charge in [-0.25, -0.2) is 4.98 Å². The topological polar surface area (TPSA) is 64.4 Å². The smallest absolute Gasteiger partial charge is 0.261 e. The summed E-state index contributed by atoms with van der Waals surface area (Å²) in [5.41, 5.74) is 0.489. The molecule has 0 saturated carbocycles. The summed E-state index contributed by atoms with van der Waals surface area (Å²) >= 11 is 0. The third kappa shape index (κ3) is 3.12. The Morgan fingerprint density at radius 2 is 1.91 bits per heavy atom. The molecule has 1 aliphatic rings. The molecule has 1 amide bonds. The Morgan fingerprint density at radius 1 is 1.26 bits per heavy atom. The molecule has 0 bridgehead atoms. The Balaban J connectivity index is 1.89. The van der Waals surface area contributed by atoms with Crippen LogP contribution in [-0.2, 0) is 16.1 Å². The van der Waals surface area contributed by atoms with Crippen LogP contribution in [-0.4, -0.2) is 45.7 Å². The van der Waals surface area contributed by atoms with Crippen molar-refractivity contribution in [3.8, 4) is 0 Å². The number of nitrogens with zero attached hydrogens (tertiary/aromatic N) is 3. The lowest BCUT2D eigenvalue weighted by atomic mass is 10.2. The summed E-state index contributed by atoms with van der Waals surface area (Å²) < 4.78 is 7.10. The van der Waals surface area contributed by atoms with Gasteiger partial charge in [0.25, 0.3) is 5.56 Å². The average Bonchev–Trinajstić information content (AvgIpc) is 2.50. The number of aryl methyl sites for hydroxylation is 1. The van der Waals surface area contributed by atoms with Crippen molar-refractivity contribution in [1.82, 2.24) is 14.5 Å². The Bertz CT molecular complexity index is 789. The van der Waals surface area contributed by atoms with E-state index in [0.29, 0.717) is 29.8 Å². The number of ether oxygens (including phenoxy) is 1. The molecule has 1 aliphatic heterocycles. The second kappa shape index (κ2) is 6.12. The number of amides is 1. The van der Waals surface area contributed by atoms with E-state index >= 15 is 0 Å². The normalized spacial score (nSPS) is 21.6. The Morgan fingerprint density at radius 3 is 2.61 bits per heavy atom. The number of hydrogen-bond donors (Lipinski definition) is 0. The zero-order valence-electron chi connectivity index (χ0n) is 13.7. The zero-order chi connectivity index (χ0) is 16.6. The number of morpholine rings is 1. The van der Waals surface area contributed by atoms with Crippen molar-refractivity contribution in [3.05, 3.63) is 40.4 Å². The van der Waals surface area contributed by atoms with E-state index in [4.69, 9.17) is 4.74 Å². The molecule has 2 aromatic rings. The van der Waals surface area contributed by atoms with Crippen molar-refractivity contribution < 1.29 is 9.53 Å². The zero-order valence-corrected chi connectivity index (χ0v) is 13.7. The van der Waals surface area contributed by atoms with Crippen LogP contribution in [0.3, 0.4) is 0 Å². The lowest BCUT2D eigenvalue weighted by Crippen LogP contribution is -2.49. The van der Waals surface area contributed by atoms with Crippen LogP contribution in [0.5, 0.6) is 0 Å². The van der Waals surface area contributed by atoms with Crippen molar-refractivity contribution in [3.63, 3.8) is 0 Å². The summed E-state index contributed by atoms with van der Waals surface area (Å²) in [7, 11) is 0. The first kappa shape index (κ1) is 15.7. The van der Waals surface area contributed by atoms with Crippen LogP contribution in [0.1, 0.15) is 19.7 Å². The van der Waals surface area contributed by atoms with E-state index in [9.17, 15) is 9.59 Å². The molecule has 2 heterocycles. The predicted molar refractivity (Wildman–Crippen MR) is 87.3 cm³/mol. The van der Waals surface area contributed by atoms with Gasteiger partial charge in [-0.3, -0.25) is 14.2 Å². The average molecular weight is 315 g/mol. The number of carbonyl (C=O) groups is 1. The third-order valence-electron chi connectivity index (χ3n) is 4.12. The van der Waals surface area contributed by atoms with Crippen LogP contribution in [0.2, 0.25) is 0 Å². The first-order valence-corrected chi connectivity index (χ1v) is 7.85. The van der Waals surface area contributed by atoms with E-state index in [0.717, 1.165) is 0 Å². The van der Waals surface area contributed by atoms with Crippen LogP contribution >= 0.6 is 0 Å². The maximum atomic E-state index is 12.6. The van der Waals surface area contributed by atoms with Crippen LogP contribution in [0.15, 0.2) is 29.1 Å². The number of fused-ring (bicyclic) bond motifs is 1. The predicted octanol–water partition coefficient (Wildman–Crippen LogP) is 1.34.